The van der Waals surface area contributed by atoms with Gasteiger partial charge >= 0.3 is 0 Å². The monoisotopic (exact) mass is 1040 g/mol. The fraction of sp³-hybridized carbons (Fsp3) is 0.200. The van der Waals surface area contributed by atoms with Gasteiger partial charge in [-0.2, -0.15) is 12.1 Å². The summed E-state index contributed by atoms with van der Waals surface area (Å²) in [7, 11) is 0. The van der Waals surface area contributed by atoms with Crippen molar-refractivity contribution < 1.29 is 21.1 Å². The minimum absolute atomic E-state index is 0. The predicted octanol–water partition coefficient (Wildman–Crippen LogP) is 16.2. The van der Waals surface area contributed by atoms with E-state index in [-0.39, 0.29) is 37.3 Å². The SMILES string of the molecule is CC(C)(C)c1cc(-c2ccccc2)cc(N2[CH-]N(c3[c-]c(N(c4[c-]c5c(cc4)c4ccccc4n5-c4cc(C(C)(C)C)ccn4)c4ccccc4)ccc3)c3ccc(C(C)(C)C)cc32)c1.[Pt]. The summed E-state index contributed by atoms with van der Waals surface area (Å²) in [6, 6.07) is 66.9. The molecule has 0 atom stereocenters. The fourth-order valence-corrected chi connectivity index (χ4v) is 8.96. The van der Waals surface area contributed by atoms with Crippen LogP contribution in [0.4, 0.5) is 39.8 Å². The number of benzene rings is 7. The van der Waals surface area contributed by atoms with Crippen molar-refractivity contribution in [3.8, 4) is 16.9 Å². The van der Waals surface area contributed by atoms with Gasteiger partial charge in [0, 0.05) is 55.5 Å². The summed E-state index contributed by atoms with van der Waals surface area (Å²) in [6.07, 6.45) is 1.93. The van der Waals surface area contributed by atoms with Crippen molar-refractivity contribution in [2.45, 2.75) is 78.6 Å². The fourth-order valence-electron chi connectivity index (χ4n) is 8.96. The Morgan fingerprint density at radius 2 is 1.17 bits per heavy atom. The summed E-state index contributed by atoms with van der Waals surface area (Å²) in [5, 5.41) is 2.29. The smallest absolute Gasteiger partial charge is 0.135 e. The standard InChI is InChI=1S/C60H56N5.Pt/c1-58(2,3)43-27-30-54-56(36-43)63(50-34-42(41-19-12-10-13-20-41)33-45(35-50)60(7,8)9)40-62(54)47-23-18-24-48(38-47)64(46-21-14-11-15-22-46)49-28-29-52-51-25-16-17-26-53(51)65(55(52)39-49)57-37-44(31-32-61-57)59(4,5)6;/h10-37,40H,1-9H3;/q-3;. The van der Waals surface area contributed by atoms with Crippen LogP contribution in [0.15, 0.2) is 170 Å². The molecule has 1 aliphatic rings. The third-order valence-electron chi connectivity index (χ3n) is 12.7. The number of hydrogen-bond acceptors (Lipinski definition) is 4. The Kier molecular flexibility index (Phi) is 11.6. The molecule has 0 spiro atoms. The Hall–Kier alpha value is -6.42. The predicted molar refractivity (Wildman–Crippen MR) is 274 cm³/mol. The molecule has 66 heavy (non-hydrogen) atoms. The molecular formula is C60H56N5Pt-3. The molecule has 0 bridgehead atoms. The van der Waals surface area contributed by atoms with Crippen LogP contribution in [-0.2, 0) is 37.3 Å². The number of hydrogen-bond donors (Lipinski definition) is 0. The molecule has 5 nitrogen and oxygen atoms in total. The Balaban J connectivity index is 0.00000548. The average molecular weight is 1040 g/mol. The minimum atomic E-state index is -0.0561. The molecule has 0 N–H and O–H groups in total. The quantitative estimate of drug-likeness (QED) is 0.149. The summed E-state index contributed by atoms with van der Waals surface area (Å²) in [5.74, 6) is 0.878. The molecule has 0 aliphatic carbocycles. The number of rotatable bonds is 7. The first kappa shape index (κ1) is 44.8. The summed E-state index contributed by atoms with van der Waals surface area (Å²) in [4.78, 5) is 11.9. The number of para-hydroxylation sites is 2. The van der Waals surface area contributed by atoms with E-state index in [9.17, 15) is 0 Å². The van der Waals surface area contributed by atoms with Gasteiger partial charge < -0.3 is 19.3 Å². The van der Waals surface area contributed by atoms with E-state index in [1.165, 1.54) is 33.2 Å². The summed E-state index contributed by atoms with van der Waals surface area (Å²) >= 11 is 0. The van der Waals surface area contributed by atoms with Crippen LogP contribution in [0.1, 0.15) is 79.0 Å². The second-order valence-electron chi connectivity index (χ2n) is 20.4. The summed E-state index contributed by atoms with van der Waals surface area (Å²) in [5.41, 5.74) is 15.3. The Labute approximate surface area is 405 Å². The second kappa shape index (κ2) is 17.1. The van der Waals surface area contributed by atoms with Crippen molar-refractivity contribution in [3.63, 3.8) is 0 Å². The zero-order chi connectivity index (χ0) is 45.3. The van der Waals surface area contributed by atoms with Crippen LogP contribution in [0.3, 0.4) is 0 Å². The Morgan fingerprint density at radius 1 is 0.500 bits per heavy atom. The first-order chi connectivity index (χ1) is 31.1. The molecule has 0 unspecified atom stereocenters. The maximum atomic E-state index is 4.95. The molecule has 7 aromatic carbocycles. The molecule has 0 fully saturated rings. The maximum Gasteiger partial charge on any atom is 0.135 e. The first-order valence-corrected chi connectivity index (χ1v) is 22.7. The minimum Gasteiger partial charge on any atom is -0.493 e. The molecule has 0 saturated carbocycles. The van der Waals surface area contributed by atoms with Gasteiger partial charge in [0.1, 0.15) is 5.82 Å². The molecule has 10 rings (SSSR count). The van der Waals surface area contributed by atoms with Crippen LogP contribution in [-0.4, -0.2) is 9.55 Å². The van der Waals surface area contributed by atoms with Crippen molar-refractivity contribution in [2.75, 3.05) is 14.7 Å². The molecule has 334 valence electrons. The van der Waals surface area contributed by atoms with Gasteiger partial charge in [0.25, 0.3) is 0 Å². The van der Waals surface area contributed by atoms with Crippen molar-refractivity contribution in [1.29, 1.82) is 0 Å². The van der Waals surface area contributed by atoms with Crippen LogP contribution < -0.4 is 14.7 Å². The number of pyridine rings is 1. The molecule has 3 heterocycles. The number of aromatic nitrogens is 2. The molecule has 9 aromatic rings. The van der Waals surface area contributed by atoms with Crippen LogP contribution in [0.5, 0.6) is 0 Å². The van der Waals surface area contributed by atoms with Crippen LogP contribution in [0.2, 0.25) is 0 Å². The van der Waals surface area contributed by atoms with Crippen molar-refractivity contribution >= 4 is 61.6 Å². The number of nitrogens with zero attached hydrogens (tertiary/aromatic N) is 5. The zero-order valence-corrected chi connectivity index (χ0v) is 41.6. The zero-order valence-electron chi connectivity index (χ0n) is 39.3. The number of anilines is 7. The van der Waals surface area contributed by atoms with E-state index in [4.69, 9.17) is 4.98 Å². The summed E-state index contributed by atoms with van der Waals surface area (Å²) in [6.45, 7) is 22.7. The van der Waals surface area contributed by atoms with E-state index in [0.717, 1.165) is 62.0 Å². The van der Waals surface area contributed by atoms with E-state index in [0.29, 0.717) is 0 Å². The van der Waals surface area contributed by atoms with E-state index in [2.05, 4.69) is 264 Å². The van der Waals surface area contributed by atoms with Crippen LogP contribution in [0.25, 0.3) is 38.8 Å². The maximum absolute atomic E-state index is 4.95. The Morgan fingerprint density at radius 3 is 1.89 bits per heavy atom. The third kappa shape index (κ3) is 8.35. The van der Waals surface area contributed by atoms with E-state index in [1.807, 2.05) is 6.20 Å². The second-order valence-corrected chi connectivity index (χ2v) is 20.4. The summed E-state index contributed by atoms with van der Waals surface area (Å²) < 4.78 is 2.27. The molecular weight excluding hydrogens is 986 g/mol. The van der Waals surface area contributed by atoms with Gasteiger partial charge in [0.15, 0.2) is 0 Å². The topological polar surface area (TPSA) is 27.5 Å². The van der Waals surface area contributed by atoms with Gasteiger partial charge in [-0.05, 0) is 104 Å². The number of fused-ring (bicyclic) bond motifs is 4. The van der Waals surface area contributed by atoms with Crippen LogP contribution >= 0.6 is 0 Å². The van der Waals surface area contributed by atoms with Gasteiger partial charge in [0.2, 0.25) is 0 Å². The molecule has 2 aromatic heterocycles. The van der Waals surface area contributed by atoms with E-state index < -0.39 is 0 Å². The largest absolute Gasteiger partial charge is 0.493 e. The van der Waals surface area contributed by atoms with Gasteiger partial charge in [0.05, 0.1) is 0 Å². The molecule has 0 amide bonds. The average Bonchev–Trinajstić information content (AvgIpc) is 3.85. The first-order valence-electron chi connectivity index (χ1n) is 22.7. The third-order valence-corrected chi connectivity index (χ3v) is 12.7. The van der Waals surface area contributed by atoms with Gasteiger partial charge in [-0.15, -0.1) is 48.1 Å². The van der Waals surface area contributed by atoms with Gasteiger partial charge in [-0.1, -0.05) is 158 Å². The van der Waals surface area contributed by atoms with Crippen molar-refractivity contribution in [3.05, 3.63) is 205 Å². The molecule has 0 saturated heterocycles. The van der Waals surface area contributed by atoms with Crippen molar-refractivity contribution in [1.82, 2.24) is 9.55 Å². The molecule has 0 radical (unpaired) electrons. The normalized spacial score (nSPS) is 13.0. The van der Waals surface area contributed by atoms with Gasteiger partial charge in [-0.3, -0.25) is 0 Å². The molecule has 6 heteroatoms. The molecule has 1 aliphatic heterocycles. The van der Waals surface area contributed by atoms with Crippen molar-refractivity contribution in [2.24, 2.45) is 0 Å². The van der Waals surface area contributed by atoms with Crippen LogP contribution in [0, 0.1) is 18.8 Å². The Bertz CT molecular complexity index is 3200. The van der Waals surface area contributed by atoms with E-state index >= 15 is 0 Å². The van der Waals surface area contributed by atoms with E-state index in [1.54, 1.807) is 0 Å². The van der Waals surface area contributed by atoms with Gasteiger partial charge in [-0.25, -0.2) is 4.98 Å².